The number of hydrogen-bond acceptors (Lipinski definition) is 5. The molecule has 1 saturated heterocycles. The largest absolute Gasteiger partial charge is 0.352 e. The summed E-state index contributed by atoms with van der Waals surface area (Å²) in [5.41, 5.74) is 2.09. The molecule has 1 aliphatic heterocycles. The second-order valence-corrected chi connectivity index (χ2v) is 6.90. The SMILES string of the molecule is Cc1cccn2nc(NCC3CSCCS3)nc12. The molecule has 3 heterocycles. The van der Waals surface area contributed by atoms with E-state index in [2.05, 4.69) is 28.4 Å². The van der Waals surface area contributed by atoms with Crippen LogP contribution in [0.4, 0.5) is 5.95 Å². The molecule has 0 spiro atoms. The molecule has 0 aromatic carbocycles. The average Bonchev–Trinajstić information content (AvgIpc) is 2.82. The maximum Gasteiger partial charge on any atom is 0.243 e. The lowest BCUT2D eigenvalue weighted by Gasteiger charge is -2.20. The van der Waals surface area contributed by atoms with Gasteiger partial charge in [-0.05, 0) is 18.6 Å². The summed E-state index contributed by atoms with van der Waals surface area (Å²) < 4.78 is 1.83. The third kappa shape index (κ3) is 2.59. The summed E-state index contributed by atoms with van der Waals surface area (Å²) in [7, 11) is 0. The van der Waals surface area contributed by atoms with Gasteiger partial charge in [-0.2, -0.15) is 28.5 Å². The molecular formula is C12H16N4S2. The zero-order valence-corrected chi connectivity index (χ0v) is 11.9. The first kappa shape index (κ1) is 12.2. The van der Waals surface area contributed by atoms with E-state index < -0.39 is 0 Å². The van der Waals surface area contributed by atoms with Gasteiger partial charge < -0.3 is 5.32 Å². The Morgan fingerprint density at radius 2 is 2.44 bits per heavy atom. The van der Waals surface area contributed by atoms with Crippen molar-refractivity contribution in [1.29, 1.82) is 0 Å². The van der Waals surface area contributed by atoms with Gasteiger partial charge in [0.15, 0.2) is 5.65 Å². The molecule has 2 aromatic heterocycles. The van der Waals surface area contributed by atoms with Crippen LogP contribution in [0.3, 0.4) is 0 Å². The fourth-order valence-corrected chi connectivity index (χ4v) is 4.59. The summed E-state index contributed by atoms with van der Waals surface area (Å²) in [6.45, 7) is 3.01. The average molecular weight is 280 g/mol. The van der Waals surface area contributed by atoms with E-state index in [-0.39, 0.29) is 0 Å². The second-order valence-electron chi connectivity index (χ2n) is 4.34. The van der Waals surface area contributed by atoms with Crippen molar-refractivity contribution in [3.8, 4) is 0 Å². The number of nitrogens with one attached hydrogen (secondary N) is 1. The molecule has 1 fully saturated rings. The van der Waals surface area contributed by atoms with Crippen molar-refractivity contribution in [3.63, 3.8) is 0 Å². The molecule has 18 heavy (non-hydrogen) atoms. The molecule has 1 N–H and O–H groups in total. The van der Waals surface area contributed by atoms with Crippen molar-refractivity contribution in [2.75, 3.05) is 29.1 Å². The lowest BCUT2D eigenvalue weighted by molar-refractivity contribution is 0.932. The Balaban J connectivity index is 1.69. The molecule has 0 amide bonds. The highest BCUT2D eigenvalue weighted by atomic mass is 32.2. The third-order valence-corrected chi connectivity index (χ3v) is 5.78. The van der Waals surface area contributed by atoms with Crippen molar-refractivity contribution in [3.05, 3.63) is 23.9 Å². The van der Waals surface area contributed by atoms with E-state index in [9.17, 15) is 0 Å². The van der Waals surface area contributed by atoms with Crippen molar-refractivity contribution >= 4 is 35.1 Å². The first-order valence-corrected chi connectivity index (χ1v) is 8.28. The summed E-state index contributed by atoms with van der Waals surface area (Å²) in [4.78, 5) is 4.52. The predicted molar refractivity (Wildman–Crippen MR) is 79.8 cm³/mol. The summed E-state index contributed by atoms with van der Waals surface area (Å²) in [6.07, 6.45) is 1.94. The molecule has 1 unspecified atom stereocenters. The molecule has 6 heteroatoms. The number of rotatable bonds is 3. The van der Waals surface area contributed by atoms with Gasteiger partial charge in [-0.25, -0.2) is 4.52 Å². The summed E-state index contributed by atoms with van der Waals surface area (Å²) in [5.74, 6) is 4.51. The monoisotopic (exact) mass is 280 g/mol. The van der Waals surface area contributed by atoms with E-state index in [0.29, 0.717) is 5.25 Å². The van der Waals surface area contributed by atoms with E-state index in [4.69, 9.17) is 0 Å². The van der Waals surface area contributed by atoms with Gasteiger partial charge in [0.25, 0.3) is 0 Å². The van der Waals surface area contributed by atoms with E-state index >= 15 is 0 Å². The highest BCUT2D eigenvalue weighted by Gasteiger charge is 2.14. The normalized spacial score (nSPS) is 20.2. The van der Waals surface area contributed by atoms with Gasteiger partial charge in [-0.15, -0.1) is 5.10 Å². The minimum Gasteiger partial charge on any atom is -0.352 e. The van der Waals surface area contributed by atoms with Crippen LogP contribution in [0.25, 0.3) is 5.65 Å². The summed E-state index contributed by atoms with van der Waals surface area (Å²) >= 11 is 4.09. The number of pyridine rings is 1. The number of anilines is 1. The number of fused-ring (bicyclic) bond motifs is 1. The van der Waals surface area contributed by atoms with Crippen molar-refractivity contribution in [2.24, 2.45) is 0 Å². The number of aryl methyl sites for hydroxylation is 1. The molecule has 0 aliphatic carbocycles. The Morgan fingerprint density at radius 3 is 3.22 bits per heavy atom. The first-order chi connectivity index (χ1) is 8.83. The molecule has 4 nitrogen and oxygen atoms in total. The van der Waals surface area contributed by atoms with Crippen LogP contribution in [0.2, 0.25) is 0 Å². The van der Waals surface area contributed by atoms with Crippen molar-refractivity contribution in [2.45, 2.75) is 12.2 Å². The van der Waals surface area contributed by atoms with Crippen LogP contribution in [0.5, 0.6) is 0 Å². The molecule has 96 valence electrons. The number of thioether (sulfide) groups is 2. The molecule has 0 saturated carbocycles. The highest BCUT2D eigenvalue weighted by molar-refractivity contribution is 8.06. The Hall–Kier alpha value is -0.880. The van der Waals surface area contributed by atoms with Crippen LogP contribution in [0.1, 0.15) is 5.56 Å². The lowest BCUT2D eigenvalue weighted by Crippen LogP contribution is -2.23. The van der Waals surface area contributed by atoms with Gasteiger partial charge in [0.1, 0.15) is 0 Å². The van der Waals surface area contributed by atoms with Crippen LogP contribution in [-0.4, -0.2) is 43.7 Å². The number of aromatic nitrogens is 3. The Bertz CT molecular complexity index is 534. The predicted octanol–water partition coefficient (Wildman–Crippen LogP) is 2.30. The standard InChI is InChI=1S/C12H16N4S2/c1-9-3-2-4-16-11(9)14-12(15-16)13-7-10-8-17-5-6-18-10/h2-4,10H,5-8H2,1H3,(H,13,15). The Labute approximate surface area is 115 Å². The molecular weight excluding hydrogens is 264 g/mol. The zero-order chi connectivity index (χ0) is 12.4. The quantitative estimate of drug-likeness (QED) is 0.934. The van der Waals surface area contributed by atoms with E-state index in [1.807, 2.05) is 40.3 Å². The smallest absolute Gasteiger partial charge is 0.243 e. The fourth-order valence-electron chi connectivity index (χ4n) is 1.97. The Morgan fingerprint density at radius 1 is 1.50 bits per heavy atom. The molecule has 2 aromatic rings. The summed E-state index contributed by atoms with van der Waals surface area (Å²) in [5, 5.41) is 8.47. The van der Waals surface area contributed by atoms with Crippen molar-refractivity contribution < 1.29 is 0 Å². The van der Waals surface area contributed by atoms with Crippen LogP contribution < -0.4 is 5.32 Å². The van der Waals surface area contributed by atoms with Gasteiger partial charge >= 0.3 is 0 Å². The highest BCUT2D eigenvalue weighted by Crippen LogP contribution is 2.24. The maximum atomic E-state index is 4.52. The lowest BCUT2D eigenvalue weighted by atomic mass is 10.3. The van der Waals surface area contributed by atoms with Gasteiger partial charge in [0.2, 0.25) is 5.95 Å². The van der Waals surface area contributed by atoms with Crippen LogP contribution in [0, 0.1) is 6.92 Å². The number of hydrogen-bond donors (Lipinski definition) is 1. The van der Waals surface area contributed by atoms with Crippen molar-refractivity contribution in [1.82, 2.24) is 14.6 Å². The van der Waals surface area contributed by atoms with Crippen LogP contribution in [0.15, 0.2) is 18.3 Å². The van der Waals surface area contributed by atoms with E-state index in [0.717, 1.165) is 23.7 Å². The van der Waals surface area contributed by atoms with Crippen LogP contribution >= 0.6 is 23.5 Å². The number of nitrogens with zero attached hydrogens (tertiary/aromatic N) is 3. The minimum atomic E-state index is 0.677. The third-order valence-electron chi connectivity index (χ3n) is 2.93. The first-order valence-electron chi connectivity index (χ1n) is 6.08. The molecule has 3 rings (SSSR count). The second kappa shape index (κ2) is 5.40. The molecule has 0 radical (unpaired) electrons. The van der Waals surface area contributed by atoms with E-state index in [1.54, 1.807) is 0 Å². The van der Waals surface area contributed by atoms with Gasteiger partial charge in [0.05, 0.1) is 0 Å². The summed E-state index contributed by atoms with van der Waals surface area (Å²) in [6, 6.07) is 4.05. The zero-order valence-electron chi connectivity index (χ0n) is 10.3. The Kier molecular flexibility index (Phi) is 3.65. The molecule has 1 atom stereocenters. The maximum absolute atomic E-state index is 4.52. The van der Waals surface area contributed by atoms with Crippen LogP contribution in [-0.2, 0) is 0 Å². The molecule has 1 aliphatic rings. The van der Waals surface area contributed by atoms with E-state index in [1.165, 1.54) is 17.3 Å². The molecule has 0 bridgehead atoms. The fraction of sp³-hybridized carbons (Fsp3) is 0.500. The van der Waals surface area contributed by atoms with Gasteiger partial charge in [0, 0.05) is 35.3 Å². The van der Waals surface area contributed by atoms with Gasteiger partial charge in [-0.3, -0.25) is 0 Å². The van der Waals surface area contributed by atoms with Gasteiger partial charge in [-0.1, -0.05) is 6.07 Å². The minimum absolute atomic E-state index is 0.677. The topological polar surface area (TPSA) is 42.2 Å².